The first kappa shape index (κ1) is 58.1. The number of rotatable bonds is 48. The molecule has 0 saturated carbocycles. The van der Waals surface area contributed by atoms with Crippen LogP contribution in [0.4, 0.5) is 0 Å². The second kappa shape index (κ2) is 48.1. The summed E-state index contributed by atoms with van der Waals surface area (Å²) in [5.74, 6) is 0.301. The second-order valence-electron chi connectivity index (χ2n) is 18.3. The quantitative estimate of drug-likeness (QED) is 0.0347. The first-order valence-electron chi connectivity index (χ1n) is 26.6. The van der Waals surface area contributed by atoms with Crippen LogP contribution in [0.2, 0.25) is 0 Å². The van der Waals surface area contributed by atoms with Crippen molar-refractivity contribution >= 4 is 17.7 Å². The average Bonchev–Trinajstić information content (AvgIpc) is 3.23. The van der Waals surface area contributed by atoms with Gasteiger partial charge in [0.25, 0.3) is 0 Å². The second-order valence-corrected chi connectivity index (χ2v) is 18.3. The fourth-order valence-corrected chi connectivity index (χ4v) is 8.15. The number of carbonyl (C=O) groups is 3. The van der Waals surface area contributed by atoms with Crippen molar-refractivity contribution in [2.75, 3.05) is 0 Å². The molecule has 0 aromatic rings. The van der Waals surface area contributed by atoms with Crippen LogP contribution in [-0.4, -0.2) is 29.9 Å². The summed E-state index contributed by atoms with van der Waals surface area (Å²) in [6, 6.07) is 0. The summed E-state index contributed by atoms with van der Waals surface area (Å²) in [6.07, 6.45) is 57.3. The number of ether oxygens (including phenoxy) is 2. The van der Waals surface area contributed by atoms with Gasteiger partial charge in [-0.1, -0.05) is 193 Å². The molecule has 0 aromatic heterocycles. The van der Waals surface area contributed by atoms with Gasteiger partial charge in [0.15, 0.2) is 0 Å². The topological polar surface area (TPSA) is 69.7 Å². The zero-order valence-electron chi connectivity index (χ0n) is 40.7. The van der Waals surface area contributed by atoms with Crippen LogP contribution in [0.25, 0.3) is 0 Å². The lowest BCUT2D eigenvalue weighted by atomic mass is 10.0. The van der Waals surface area contributed by atoms with Gasteiger partial charge in [0.2, 0.25) is 0 Å². The van der Waals surface area contributed by atoms with Crippen molar-refractivity contribution in [1.29, 1.82) is 0 Å². The van der Waals surface area contributed by atoms with Gasteiger partial charge >= 0.3 is 11.9 Å². The van der Waals surface area contributed by atoms with E-state index in [0.717, 1.165) is 103 Å². The van der Waals surface area contributed by atoms with E-state index in [-0.39, 0.29) is 24.1 Å². The molecule has 0 rings (SSSR count). The summed E-state index contributed by atoms with van der Waals surface area (Å²) in [7, 11) is 0. The number of Topliss-reactive ketones (excluding diaryl/α,β-unsaturated/α-hetero) is 1. The largest absolute Gasteiger partial charge is 0.462 e. The zero-order valence-corrected chi connectivity index (χ0v) is 40.7. The molecule has 0 aliphatic rings. The molecule has 0 aliphatic heterocycles. The lowest BCUT2D eigenvalue weighted by Crippen LogP contribution is -2.18. The molecule has 0 bridgehead atoms. The van der Waals surface area contributed by atoms with Crippen LogP contribution >= 0.6 is 0 Å². The zero-order chi connectivity index (χ0) is 43.8. The summed E-state index contributed by atoms with van der Waals surface area (Å²) < 4.78 is 12.0. The predicted molar refractivity (Wildman–Crippen MR) is 260 cm³/mol. The molecule has 0 amide bonds. The third-order valence-electron chi connectivity index (χ3n) is 12.1. The van der Waals surface area contributed by atoms with E-state index >= 15 is 0 Å². The highest BCUT2D eigenvalue weighted by atomic mass is 16.5. The van der Waals surface area contributed by atoms with E-state index in [0.29, 0.717) is 18.6 Å². The molecule has 5 nitrogen and oxygen atoms in total. The molecular weight excluding hydrogens is 741 g/mol. The molecule has 0 saturated heterocycles. The molecule has 2 atom stereocenters. The lowest BCUT2D eigenvalue weighted by Gasteiger charge is -2.18. The molecule has 0 spiro atoms. The van der Waals surface area contributed by atoms with Gasteiger partial charge in [0, 0.05) is 25.7 Å². The van der Waals surface area contributed by atoms with Gasteiger partial charge in [-0.15, -0.1) is 0 Å². The number of allylic oxidation sites excluding steroid dienone is 3. The Hall–Kier alpha value is -1.91. The minimum atomic E-state index is -0.00983. The minimum Gasteiger partial charge on any atom is -0.462 e. The summed E-state index contributed by atoms with van der Waals surface area (Å²) in [5, 5.41) is 0. The maximum absolute atomic E-state index is 12.8. The normalized spacial score (nSPS) is 12.7. The van der Waals surface area contributed by atoms with Crippen molar-refractivity contribution in [2.24, 2.45) is 0 Å². The molecule has 60 heavy (non-hydrogen) atoms. The maximum Gasteiger partial charge on any atom is 0.306 e. The van der Waals surface area contributed by atoms with Gasteiger partial charge in [0.1, 0.15) is 18.0 Å². The van der Waals surface area contributed by atoms with Crippen LogP contribution in [-0.2, 0) is 23.9 Å². The Labute approximate surface area is 374 Å². The van der Waals surface area contributed by atoms with Gasteiger partial charge in [-0.3, -0.25) is 9.59 Å². The fourth-order valence-electron chi connectivity index (χ4n) is 8.15. The van der Waals surface area contributed by atoms with Crippen molar-refractivity contribution in [1.82, 2.24) is 0 Å². The molecule has 352 valence electrons. The van der Waals surface area contributed by atoms with E-state index in [4.69, 9.17) is 9.47 Å². The van der Waals surface area contributed by atoms with Crippen LogP contribution in [0, 0.1) is 0 Å². The summed E-state index contributed by atoms with van der Waals surface area (Å²) in [6.45, 7) is 8.44. The standard InChI is InChI=1S/C55H102O5/c1-5-8-11-14-15-16-17-18-19-20-21-22-30-35-42-49-54(57)59-53(46-39-13-10-7-3)48-41-34-29-25-26-31-36-43-50-55(58)60-52(45-38-12-9-6-2)47-40-33-28-24-23-27-32-37-44-51(4)56/h18-19,34,41,52-53H,5-17,20-33,35-40,42-50H2,1-4H3/b19-18+,41-34+. The van der Waals surface area contributed by atoms with Gasteiger partial charge in [0.05, 0.1) is 0 Å². The highest BCUT2D eigenvalue weighted by Crippen LogP contribution is 2.19. The Bertz CT molecular complexity index is 985. The minimum absolute atomic E-state index is 0.00149. The molecule has 0 aliphatic carbocycles. The first-order chi connectivity index (χ1) is 29.4. The summed E-state index contributed by atoms with van der Waals surface area (Å²) in [4.78, 5) is 36.6. The summed E-state index contributed by atoms with van der Waals surface area (Å²) in [5.41, 5.74) is 0. The molecular formula is C55H102O5. The van der Waals surface area contributed by atoms with E-state index in [2.05, 4.69) is 45.1 Å². The third kappa shape index (κ3) is 45.6. The van der Waals surface area contributed by atoms with Crippen LogP contribution in [0.3, 0.4) is 0 Å². The van der Waals surface area contributed by atoms with Crippen molar-refractivity contribution in [3.63, 3.8) is 0 Å². The molecule has 0 heterocycles. The van der Waals surface area contributed by atoms with Crippen molar-refractivity contribution in [3.8, 4) is 0 Å². The van der Waals surface area contributed by atoms with E-state index in [1.54, 1.807) is 6.92 Å². The Kier molecular flexibility index (Phi) is 46.6. The molecule has 2 unspecified atom stereocenters. The predicted octanol–water partition coefficient (Wildman–Crippen LogP) is 18.0. The Morgan fingerprint density at radius 3 is 1.07 bits per heavy atom. The van der Waals surface area contributed by atoms with E-state index in [1.165, 1.54) is 154 Å². The monoisotopic (exact) mass is 843 g/mol. The van der Waals surface area contributed by atoms with Crippen molar-refractivity contribution in [3.05, 3.63) is 24.3 Å². The highest BCUT2D eigenvalue weighted by Gasteiger charge is 2.15. The smallest absolute Gasteiger partial charge is 0.306 e. The van der Waals surface area contributed by atoms with E-state index < -0.39 is 0 Å². The summed E-state index contributed by atoms with van der Waals surface area (Å²) >= 11 is 0. The highest BCUT2D eigenvalue weighted by molar-refractivity contribution is 5.75. The Morgan fingerprint density at radius 1 is 0.350 bits per heavy atom. The third-order valence-corrected chi connectivity index (χ3v) is 12.1. The molecule has 0 N–H and O–H groups in total. The van der Waals surface area contributed by atoms with E-state index in [1.807, 2.05) is 0 Å². The van der Waals surface area contributed by atoms with Crippen LogP contribution in [0.15, 0.2) is 24.3 Å². The number of hydrogen-bond donors (Lipinski definition) is 0. The Morgan fingerprint density at radius 2 is 0.650 bits per heavy atom. The number of esters is 2. The number of unbranched alkanes of at least 4 members (excludes halogenated alkanes) is 29. The molecule has 5 heteroatoms. The van der Waals surface area contributed by atoms with Gasteiger partial charge < -0.3 is 14.3 Å². The number of hydrogen-bond acceptors (Lipinski definition) is 5. The SMILES string of the molecule is CCCCCCCC/C=C/CCCCCCCC(=O)OC(C/C=C/CCCCCCCC(=O)OC(CCCCCC)CCCCCCCCCCC(C)=O)CCCCCC. The van der Waals surface area contributed by atoms with Crippen molar-refractivity contribution in [2.45, 2.75) is 310 Å². The van der Waals surface area contributed by atoms with Gasteiger partial charge in [-0.2, -0.15) is 0 Å². The number of ketones is 1. The van der Waals surface area contributed by atoms with E-state index in [9.17, 15) is 14.4 Å². The lowest BCUT2D eigenvalue weighted by molar-refractivity contribution is -0.150. The van der Waals surface area contributed by atoms with Crippen LogP contribution < -0.4 is 0 Å². The molecule has 0 aromatic carbocycles. The van der Waals surface area contributed by atoms with Crippen molar-refractivity contribution < 1.29 is 23.9 Å². The van der Waals surface area contributed by atoms with Crippen LogP contribution in [0.5, 0.6) is 0 Å². The molecule has 0 radical (unpaired) electrons. The number of carbonyl (C=O) groups excluding carboxylic acids is 3. The Balaban J connectivity index is 4.18. The first-order valence-corrected chi connectivity index (χ1v) is 26.6. The van der Waals surface area contributed by atoms with Gasteiger partial charge in [-0.05, 0) is 103 Å². The fraction of sp³-hybridized carbons (Fsp3) is 0.873. The van der Waals surface area contributed by atoms with Gasteiger partial charge in [-0.25, -0.2) is 0 Å². The average molecular weight is 843 g/mol. The van der Waals surface area contributed by atoms with Crippen LogP contribution in [0.1, 0.15) is 297 Å². The maximum atomic E-state index is 12.8. The molecule has 0 fully saturated rings.